The van der Waals surface area contributed by atoms with Gasteiger partial charge in [0.1, 0.15) is 13.2 Å². The molecule has 0 radical (unpaired) electrons. The number of ether oxygens (including phenoxy) is 3. The van der Waals surface area contributed by atoms with Gasteiger partial charge in [0, 0.05) is 16.1 Å². The fraction of sp³-hybridized carbons (Fsp3) is 0.900. The number of hydrogen-bond acceptors (Lipinski definition) is 5. The molecular formula is C10H21O5P. The average Bonchev–Trinajstić information content (AvgIpc) is 2.27. The van der Waals surface area contributed by atoms with Gasteiger partial charge in [0.25, 0.3) is 0 Å². The van der Waals surface area contributed by atoms with Crippen LogP contribution in [-0.2, 0) is 23.5 Å². The predicted molar refractivity (Wildman–Crippen MR) is 63.2 cm³/mol. The van der Waals surface area contributed by atoms with Gasteiger partial charge in [-0.25, -0.2) is 4.79 Å². The van der Waals surface area contributed by atoms with E-state index in [0.717, 1.165) is 19.4 Å². The van der Waals surface area contributed by atoms with E-state index in [-0.39, 0.29) is 13.2 Å². The van der Waals surface area contributed by atoms with Crippen LogP contribution in [0.3, 0.4) is 0 Å². The molecule has 0 N–H and O–H groups in total. The molecule has 0 aromatic rings. The molecule has 1 unspecified atom stereocenters. The van der Waals surface area contributed by atoms with Crippen molar-refractivity contribution in [2.75, 3.05) is 39.6 Å². The molecule has 0 aliphatic carbocycles. The number of rotatable bonds is 11. The molecule has 0 bridgehead atoms. The molecule has 0 amide bonds. The van der Waals surface area contributed by atoms with Crippen molar-refractivity contribution in [3.63, 3.8) is 0 Å². The number of carbonyl (C=O) groups is 1. The van der Waals surface area contributed by atoms with Crippen molar-refractivity contribution in [3.8, 4) is 0 Å². The van der Waals surface area contributed by atoms with Crippen LogP contribution in [0.1, 0.15) is 19.8 Å². The zero-order valence-electron chi connectivity index (χ0n) is 9.78. The van der Waals surface area contributed by atoms with Crippen molar-refractivity contribution in [1.29, 1.82) is 0 Å². The molecule has 0 saturated carbocycles. The first-order valence-corrected chi connectivity index (χ1v) is 5.91. The third kappa shape index (κ3) is 11.9. The summed E-state index contributed by atoms with van der Waals surface area (Å²) >= 11 is 0. The highest BCUT2D eigenvalue weighted by molar-refractivity contribution is 7.09. The second-order valence-corrected chi connectivity index (χ2v) is 3.44. The third-order valence-corrected chi connectivity index (χ3v) is 1.87. The monoisotopic (exact) mass is 252 g/mol. The zero-order chi connectivity index (χ0) is 12.1. The van der Waals surface area contributed by atoms with Crippen LogP contribution in [0, 0.1) is 0 Å². The fourth-order valence-corrected chi connectivity index (χ4v) is 1.03. The van der Waals surface area contributed by atoms with Gasteiger partial charge in [-0.05, 0) is 6.42 Å². The highest BCUT2D eigenvalue weighted by atomic mass is 31.0. The Morgan fingerprint density at radius 3 is 2.31 bits per heavy atom. The molecule has 0 aromatic carbocycles. The Hall–Kier alpha value is -0.220. The van der Waals surface area contributed by atoms with E-state index in [1.54, 1.807) is 0 Å². The van der Waals surface area contributed by atoms with Crippen molar-refractivity contribution in [2.45, 2.75) is 19.8 Å². The van der Waals surface area contributed by atoms with Crippen molar-refractivity contribution in [1.82, 2.24) is 0 Å². The Bertz CT molecular complexity index is 165. The van der Waals surface area contributed by atoms with Crippen LogP contribution in [0.15, 0.2) is 0 Å². The molecule has 0 rings (SSSR count). The van der Waals surface area contributed by atoms with Gasteiger partial charge in [0.15, 0.2) is 0 Å². The Labute approximate surface area is 99.1 Å². The van der Waals surface area contributed by atoms with Crippen molar-refractivity contribution in [2.24, 2.45) is 0 Å². The van der Waals surface area contributed by atoms with Gasteiger partial charge in [-0.2, -0.15) is 0 Å². The molecule has 0 heterocycles. The van der Waals surface area contributed by atoms with E-state index in [0.29, 0.717) is 19.8 Å². The summed E-state index contributed by atoms with van der Waals surface area (Å²) in [5.74, 6) is -0.391. The summed E-state index contributed by atoms with van der Waals surface area (Å²) in [4.78, 5) is 10.8. The molecule has 0 saturated heterocycles. The highest BCUT2D eigenvalue weighted by Gasteiger charge is 2.00. The first-order valence-electron chi connectivity index (χ1n) is 5.44. The van der Waals surface area contributed by atoms with Gasteiger partial charge in [-0.3, -0.25) is 0 Å². The van der Waals surface area contributed by atoms with E-state index in [2.05, 4.69) is 11.4 Å². The minimum Gasteiger partial charge on any atom is -0.462 e. The smallest absolute Gasteiger partial charge is 0.332 e. The Balaban J connectivity index is 3.01. The Morgan fingerprint density at radius 1 is 1.06 bits per heavy atom. The van der Waals surface area contributed by atoms with Crippen LogP contribution >= 0.6 is 9.47 Å². The maximum atomic E-state index is 10.8. The molecule has 0 aliphatic rings. The number of carbonyl (C=O) groups excluding carboxylic acids is 1. The van der Waals surface area contributed by atoms with Crippen LogP contribution < -0.4 is 0 Å². The summed E-state index contributed by atoms with van der Waals surface area (Å²) in [6.45, 7) is 4.60. The minimum atomic E-state index is -0.391. The second-order valence-electron chi connectivity index (χ2n) is 3.11. The predicted octanol–water partition coefficient (Wildman–Crippen LogP) is 1.17. The molecule has 5 nitrogen and oxygen atoms in total. The Morgan fingerprint density at radius 2 is 1.69 bits per heavy atom. The standard InChI is InChI=1S/C10H21O5P/c1-2-3-4-12-5-6-13-7-8-14-10(11)9-15-16/h2-9,16H2,1H3. The van der Waals surface area contributed by atoms with E-state index < -0.39 is 5.97 Å². The van der Waals surface area contributed by atoms with Gasteiger partial charge >= 0.3 is 5.97 Å². The average molecular weight is 252 g/mol. The summed E-state index contributed by atoms with van der Waals surface area (Å²) in [6.07, 6.45) is 2.21. The lowest BCUT2D eigenvalue weighted by Gasteiger charge is -2.06. The topological polar surface area (TPSA) is 54.0 Å². The van der Waals surface area contributed by atoms with Gasteiger partial charge in [-0.1, -0.05) is 13.3 Å². The maximum Gasteiger partial charge on any atom is 0.332 e. The van der Waals surface area contributed by atoms with Crippen molar-refractivity contribution >= 4 is 15.4 Å². The summed E-state index contributed by atoms with van der Waals surface area (Å²) < 4.78 is 19.8. The highest BCUT2D eigenvalue weighted by Crippen LogP contribution is 1.89. The molecular weight excluding hydrogens is 231 g/mol. The lowest BCUT2D eigenvalue weighted by molar-refractivity contribution is -0.147. The van der Waals surface area contributed by atoms with Crippen LogP contribution in [0.25, 0.3) is 0 Å². The van der Waals surface area contributed by atoms with Gasteiger partial charge in [-0.15, -0.1) is 0 Å². The third-order valence-electron chi connectivity index (χ3n) is 1.71. The number of esters is 1. The molecule has 0 aromatic heterocycles. The van der Waals surface area contributed by atoms with Crippen LogP contribution in [0.4, 0.5) is 0 Å². The Kier molecular flexibility index (Phi) is 12.7. The lowest BCUT2D eigenvalue weighted by atomic mass is 10.4. The van der Waals surface area contributed by atoms with Crippen LogP contribution in [0.5, 0.6) is 0 Å². The summed E-state index contributed by atoms with van der Waals surface area (Å²) in [6, 6.07) is 0. The van der Waals surface area contributed by atoms with E-state index in [1.165, 1.54) is 0 Å². The molecule has 0 fully saturated rings. The lowest BCUT2D eigenvalue weighted by Crippen LogP contribution is -2.15. The van der Waals surface area contributed by atoms with Crippen molar-refractivity contribution < 1.29 is 23.5 Å². The minimum absolute atomic E-state index is 0.0508. The zero-order valence-corrected chi connectivity index (χ0v) is 10.9. The van der Waals surface area contributed by atoms with E-state index in [9.17, 15) is 4.79 Å². The molecule has 1 atom stereocenters. The largest absolute Gasteiger partial charge is 0.462 e. The van der Waals surface area contributed by atoms with Gasteiger partial charge < -0.3 is 18.7 Å². The van der Waals surface area contributed by atoms with E-state index in [1.807, 2.05) is 9.47 Å². The summed E-state index contributed by atoms with van der Waals surface area (Å²) in [5.41, 5.74) is 0. The number of unbranched alkanes of at least 4 members (excludes halogenated alkanes) is 1. The normalized spacial score (nSPS) is 10.4. The maximum absolute atomic E-state index is 10.8. The van der Waals surface area contributed by atoms with E-state index in [4.69, 9.17) is 14.2 Å². The first-order chi connectivity index (χ1) is 7.81. The molecule has 16 heavy (non-hydrogen) atoms. The molecule has 0 spiro atoms. The summed E-state index contributed by atoms with van der Waals surface area (Å²) in [7, 11) is 1.99. The molecule has 6 heteroatoms. The quantitative estimate of drug-likeness (QED) is 0.314. The van der Waals surface area contributed by atoms with Gasteiger partial charge in [0.05, 0.1) is 19.8 Å². The van der Waals surface area contributed by atoms with Crippen LogP contribution in [0.2, 0.25) is 0 Å². The number of hydrogen-bond donors (Lipinski definition) is 0. The van der Waals surface area contributed by atoms with Crippen molar-refractivity contribution in [3.05, 3.63) is 0 Å². The fourth-order valence-electron chi connectivity index (χ4n) is 0.893. The molecule has 0 aliphatic heterocycles. The second kappa shape index (κ2) is 12.8. The summed E-state index contributed by atoms with van der Waals surface area (Å²) in [5, 5.41) is 0. The van der Waals surface area contributed by atoms with Gasteiger partial charge in [0.2, 0.25) is 0 Å². The SMILES string of the molecule is CCCCOCCOCCOC(=O)COP. The van der Waals surface area contributed by atoms with E-state index >= 15 is 0 Å². The first kappa shape index (κ1) is 15.8. The molecule has 96 valence electrons. The van der Waals surface area contributed by atoms with Crippen LogP contribution in [-0.4, -0.2) is 45.6 Å².